The molecule has 1 heterocycles. The van der Waals surface area contributed by atoms with Crippen molar-refractivity contribution in [2.24, 2.45) is 0 Å². The Bertz CT molecular complexity index is 811. The second-order valence-electron chi connectivity index (χ2n) is 9.41. The number of hydrogen-bond donors (Lipinski definition) is 2. The molecule has 1 aliphatic heterocycles. The molecule has 1 aliphatic carbocycles. The Kier molecular flexibility index (Phi) is 6.47. The third-order valence-corrected chi connectivity index (χ3v) is 6.95. The van der Waals surface area contributed by atoms with Gasteiger partial charge in [0, 0.05) is 19.1 Å². The fraction of sp³-hybridized carbons (Fsp3) is 0.538. The first kappa shape index (κ1) is 21.4. The van der Waals surface area contributed by atoms with Crippen LogP contribution in [0.25, 0.3) is 0 Å². The molecule has 4 rings (SSSR count). The summed E-state index contributed by atoms with van der Waals surface area (Å²) in [5, 5.41) is 21.8. The molecule has 30 heavy (non-hydrogen) atoms. The Hall–Kier alpha value is -1.88. The summed E-state index contributed by atoms with van der Waals surface area (Å²) in [6, 6.07) is 17.4. The van der Waals surface area contributed by atoms with Crippen LogP contribution in [0.15, 0.2) is 48.5 Å². The average molecular weight is 410 g/mol. The Morgan fingerprint density at radius 3 is 2.30 bits per heavy atom. The van der Waals surface area contributed by atoms with E-state index >= 15 is 0 Å². The molecule has 0 aromatic heterocycles. The predicted molar refractivity (Wildman–Crippen MR) is 120 cm³/mol. The summed E-state index contributed by atoms with van der Waals surface area (Å²) < 4.78 is 5.95. The third kappa shape index (κ3) is 4.88. The molecule has 1 saturated carbocycles. The lowest BCUT2D eigenvalue weighted by atomic mass is 9.80. The molecule has 1 saturated heterocycles. The first-order chi connectivity index (χ1) is 14.4. The summed E-state index contributed by atoms with van der Waals surface area (Å²) >= 11 is 0. The maximum atomic E-state index is 11.3. The standard InChI is InChI=1S/C26H35NO3/c1-19-14-20(2)16-24(15-19)30-18-26(29)17-27(13-12-25(26)28)23-10-8-22(9-11-23)21-6-4-3-5-7-21/h3-7,14-16,22-23,25,28-29H,8-13,17-18H2,1-2H3/t22?,23?,25-,26-/m0/s1. The van der Waals surface area contributed by atoms with Crippen LogP contribution < -0.4 is 4.74 Å². The van der Waals surface area contributed by atoms with Crippen LogP contribution in [0.2, 0.25) is 0 Å². The van der Waals surface area contributed by atoms with Crippen LogP contribution in [0.4, 0.5) is 0 Å². The molecule has 0 spiro atoms. The van der Waals surface area contributed by atoms with Crippen LogP contribution in [-0.2, 0) is 0 Å². The number of nitrogens with zero attached hydrogens (tertiary/aromatic N) is 1. The van der Waals surface area contributed by atoms with Gasteiger partial charge < -0.3 is 14.9 Å². The number of piperidine rings is 1. The van der Waals surface area contributed by atoms with Gasteiger partial charge in [0.2, 0.25) is 0 Å². The lowest BCUT2D eigenvalue weighted by Gasteiger charge is -2.46. The number of aliphatic hydroxyl groups is 2. The second-order valence-corrected chi connectivity index (χ2v) is 9.41. The Morgan fingerprint density at radius 1 is 0.967 bits per heavy atom. The molecule has 2 aromatic carbocycles. The summed E-state index contributed by atoms with van der Waals surface area (Å²) in [6.45, 7) is 5.51. The van der Waals surface area contributed by atoms with Gasteiger partial charge in [-0.3, -0.25) is 4.90 Å². The molecule has 4 nitrogen and oxygen atoms in total. The van der Waals surface area contributed by atoms with E-state index in [1.807, 2.05) is 26.0 Å². The Balaban J connectivity index is 1.36. The van der Waals surface area contributed by atoms with Gasteiger partial charge in [-0.2, -0.15) is 0 Å². The minimum absolute atomic E-state index is 0.118. The molecule has 2 N–H and O–H groups in total. The molecule has 2 aliphatic rings. The Labute approximate surface area is 180 Å². The van der Waals surface area contributed by atoms with Gasteiger partial charge >= 0.3 is 0 Å². The molecule has 2 atom stereocenters. The van der Waals surface area contributed by atoms with Crippen molar-refractivity contribution in [3.05, 3.63) is 65.2 Å². The largest absolute Gasteiger partial charge is 0.490 e. The van der Waals surface area contributed by atoms with Crippen molar-refractivity contribution in [3.63, 3.8) is 0 Å². The van der Waals surface area contributed by atoms with E-state index in [0.29, 0.717) is 24.9 Å². The van der Waals surface area contributed by atoms with Crippen LogP contribution in [-0.4, -0.2) is 52.6 Å². The highest BCUT2D eigenvalue weighted by Gasteiger charge is 2.44. The summed E-state index contributed by atoms with van der Waals surface area (Å²) in [6.07, 6.45) is 4.50. The van der Waals surface area contributed by atoms with Crippen molar-refractivity contribution >= 4 is 0 Å². The monoisotopic (exact) mass is 409 g/mol. The Morgan fingerprint density at radius 2 is 1.63 bits per heavy atom. The van der Waals surface area contributed by atoms with Gasteiger partial charge in [-0.05, 0) is 80.7 Å². The molecular weight excluding hydrogens is 374 g/mol. The molecule has 0 radical (unpaired) electrons. The number of ether oxygens (including phenoxy) is 1. The summed E-state index contributed by atoms with van der Waals surface area (Å²) in [5.41, 5.74) is 2.49. The third-order valence-electron chi connectivity index (χ3n) is 6.95. The zero-order valence-electron chi connectivity index (χ0n) is 18.3. The van der Waals surface area contributed by atoms with Crippen LogP contribution in [0.1, 0.15) is 54.7 Å². The molecule has 2 fully saturated rings. The summed E-state index contributed by atoms with van der Waals surface area (Å²) in [5.74, 6) is 1.40. The number of likely N-dealkylation sites (tertiary alicyclic amines) is 1. The normalized spacial score (nSPS) is 30.2. The van der Waals surface area contributed by atoms with E-state index in [2.05, 4.69) is 41.3 Å². The van der Waals surface area contributed by atoms with Crippen molar-refractivity contribution in [3.8, 4) is 5.75 Å². The van der Waals surface area contributed by atoms with E-state index < -0.39 is 11.7 Å². The van der Waals surface area contributed by atoms with E-state index in [1.54, 1.807) is 0 Å². The molecular formula is C26H35NO3. The van der Waals surface area contributed by atoms with Crippen molar-refractivity contribution < 1.29 is 14.9 Å². The van der Waals surface area contributed by atoms with Gasteiger partial charge in [0.15, 0.2) is 0 Å². The number of rotatable bonds is 5. The minimum atomic E-state index is -1.23. The van der Waals surface area contributed by atoms with Crippen LogP contribution in [0, 0.1) is 13.8 Å². The van der Waals surface area contributed by atoms with E-state index in [-0.39, 0.29) is 6.61 Å². The van der Waals surface area contributed by atoms with E-state index in [9.17, 15) is 10.2 Å². The van der Waals surface area contributed by atoms with Gasteiger partial charge in [-0.25, -0.2) is 0 Å². The van der Waals surface area contributed by atoms with Crippen LogP contribution in [0.5, 0.6) is 5.75 Å². The number of hydrogen-bond acceptors (Lipinski definition) is 4. The quantitative estimate of drug-likeness (QED) is 0.777. The highest BCUT2D eigenvalue weighted by atomic mass is 16.5. The molecule has 162 valence electrons. The molecule has 0 unspecified atom stereocenters. The zero-order valence-corrected chi connectivity index (χ0v) is 18.3. The number of β-amino-alcohol motifs (C(OH)–C–C–N with tert-alkyl or cyclic N) is 1. The average Bonchev–Trinajstić information content (AvgIpc) is 2.75. The summed E-state index contributed by atoms with van der Waals surface area (Å²) in [7, 11) is 0. The topological polar surface area (TPSA) is 52.9 Å². The first-order valence-electron chi connectivity index (χ1n) is 11.3. The maximum absolute atomic E-state index is 11.3. The highest BCUT2D eigenvalue weighted by Crippen LogP contribution is 2.36. The molecule has 0 amide bonds. The molecule has 4 heteroatoms. The number of aliphatic hydroxyl groups excluding tert-OH is 1. The van der Waals surface area contributed by atoms with E-state index in [4.69, 9.17) is 4.74 Å². The smallest absolute Gasteiger partial charge is 0.137 e. The highest BCUT2D eigenvalue weighted by molar-refractivity contribution is 5.33. The fourth-order valence-corrected chi connectivity index (χ4v) is 5.27. The minimum Gasteiger partial charge on any atom is -0.490 e. The zero-order chi connectivity index (χ0) is 21.1. The van der Waals surface area contributed by atoms with Crippen molar-refractivity contribution in [1.29, 1.82) is 0 Å². The number of benzene rings is 2. The fourth-order valence-electron chi connectivity index (χ4n) is 5.27. The number of aryl methyl sites for hydroxylation is 2. The lowest BCUT2D eigenvalue weighted by molar-refractivity contribution is -0.147. The van der Waals surface area contributed by atoms with E-state index in [1.165, 1.54) is 18.4 Å². The van der Waals surface area contributed by atoms with Gasteiger partial charge in [-0.15, -0.1) is 0 Å². The molecule has 2 aromatic rings. The maximum Gasteiger partial charge on any atom is 0.137 e. The second kappa shape index (κ2) is 9.09. The van der Waals surface area contributed by atoms with Gasteiger partial charge in [-0.1, -0.05) is 36.4 Å². The van der Waals surface area contributed by atoms with Gasteiger partial charge in [0.05, 0.1) is 6.10 Å². The van der Waals surface area contributed by atoms with Gasteiger partial charge in [0.1, 0.15) is 18.0 Å². The van der Waals surface area contributed by atoms with Crippen molar-refractivity contribution in [1.82, 2.24) is 4.90 Å². The van der Waals surface area contributed by atoms with Crippen molar-refractivity contribution in [2.75, 3.05) is 19.7 Å². The van der Waals surface area contributed by atoms with Gasteiger partial charge in [0.25, 0.3) is 0 Å². The predicted octanol–water partition coefficient (Wildman–Crippen LogP) is 4.21. The van der Waals surface area contributed by atoms with Crippen molar-refractivity contribution in [2.45, 2.75) is 69.6 Å². The van der Waals surface area contributed by atoms with E-state index in [0.717, 1.165) is 36.3 Å². The molecule has 0 bridgehead atoms. The van der Waals surface area contributed by atoms with Crippen LogP contribution in [0.3, 0.4) is 0 Å². The first-order valence-corrected chi connectivity index (χ1v) is 11.3. The summed E-state index contributed by atoms with van der Waals surface area (Å²) in [4.78, 5) is 2.39. The lowest BCUT2D eigenvalue weighted by Crippen LogP contribution is -2.62. The van der Waals surface area contributed by atoms with Crippen LogP contribution >= 0.6 is 0 Å². The SMILES string of the molecule is Cc1cc(C)cc(OC[C@@]2(O)CN(C3CCC(c4ccccc4)CC3)CC[C@@H]2O)c1.